The Hall–Kier alpha value is -2.39. The summed E-state index contributed by atoms with van der Waals surface area (Å²) in [6.07, 6.45) is 4.97. The molecule has 1 aliphatic rings. The number of sulfonamides is 1. The zero-order valence-corrected chi connectivity index (χ0v) is 18.1. The van der Waals surface area contributed by atoms with Gasteiger partial charge in [0, 0.05) is 31.4 Å². The minimum absolute atomic E-state index is 0.269. The number of anilines is 4. The van der Waals surface area contributed by atoms with Crippen molar-refractivity contribution in [1.29, 1.82) is 0 Å². The van der Waals surface area contributed by atoms with E-state index in [0.717, 1.165) is 25.2 Å². The van der Waals surface area contributed by atoms with Crippen molar-refractivity contribution >= 4 is 33.0 Å². The Bertz CT molecular complexity index is 928. The molecule has 2 aromatic rings. The topological polar surface area (TPSA) is 104 Å². The number of aromatic nitrogens is 2. The van der Waals surface area contributed by atoms with Gasteiger partial charge in [-0.2, -0.15) is 4.31 Å². The van der Waals surface area contributed by atoms with Crippen molar-refractivity contribution in [2.45, 2.75) is 51.0 Å². The molecule has 0 amide bonds. The summed E-state index contributed by atoms with van der Waals surface area (Å²) in [5.74, 6) is 1.27. The molecular weight excluding hydrogens is 388 g/mol. The van der Waals surface area contributed by atoms with Crippen molar-refractivity contribution in [3.05, 3.63) is 30.6 Å². The molecule has 0 aliphatic carbocycles. The van der Waals surface area contributed by atoms with Gasteiger partial charge in [-0.3, -0.25) is 0 Å². The third-order valence-corrected chi connectivity index (χ3v) is 7.46. The van der Waals surface area contributed by atoms with Crippen molar-refractivity contribution in [3.63, 3.8) is 0 Å². The summed E-state index contributed by atoms with van der Waals surface area (Å²) in [6, 6.07) is 7.03. The summed E-state index contributed by atoms with van der Waals surface area (Å²) in [4.78, 5) is 11.2. The maximum absolute atomic E-state index is 12.6. The van der Waals surface area contributed by atoms with Gasteiger partial charge >= 0.3 is 0 Å². The van der Waals surface area contributed by atoms with E-state index in [1.54, 1.807) is 24.3 Å². The first-order valence-electron chi connectivity index (χ1n) is 10.1. The van der Waals surface area contributed by atoms with E-state index in [-0.39, 0.29) is 4.90 Å². The molecule has 1 aromatic carbocycles. The van der Waals surface area contributed by atoms with E-state index in [2.05, 4.69) is 27.1 Å². The van der Waals surface area contributed by atoms with Gasteiger partial charge in [-0.25, -0.2) is 18.4 Å². The van der Waals surface area contributed by atoms with Gasteiger partial charge in [0.15, 0.2) is 11.6 Å². The first kappa shape index (κ1) is 21.3. The van der Waals surface area contributed by atoms with E-state index in [1.165, 1.54) is 17.1 Å². The maximum atomic E-state index is 12.6. The normalized spacial score (nSPS) is 17.5. The molecule has 0 radical (unpaired) electrons. The highest BCUT2D eigenvalue weighted by molar-refractivity contribution is 7.89. The fourth-order valence-electron chi connectivity index (χ4n) is 3.69. The largest absolute Gasteiger partial charge is 0.393 e. The molecule has 2 heterocycles. The predicted molar refractivity (Wildman–Crippen MR) is 117 cm³/mol. The molecule has 0 spiro atoms. The summed E-state index contributed by atoms with van der Waals surface area (Å²) in [5.41, 5.74) is 7.58. The van der Waals surface area contributed by atoms with Crippen LogP contribution in [0.4, 0.5) is 23.0 Å². The molecule has 158 valence electrons. The lowest BCUT2D eigenvalue weighted by Crippen LogP contribution is -2.38. The van der Waals surface area contributed by atoms with Gasteiger partial charge in [0.2, 0.25) is 10.0 Å². The second-order valence-electron chi connectivity index (χ2n) is 7.24. The molecular formula is C20H30N6O2S. The molecule has 8 nitrogen and oxygen atoms in total. The first-order valence-corrected chi connectivity index (χ1v) is 11.6. The third kappa shape index (κ3) is 4.45. The van der Waals surface area contributed by atoms with Gasteiger partial charge in [-0.05, 0) is 50.5 Å². The van der Waals surface area contributed by atoms with Gasteiger partial charge in [-0.1, -0.05) is 13.8 Å². The third-order valence-electron chi connectivity index (χ3n) is 5.40. The van der Waals surface area contributed by atoms with E-state index in [1.807, 2.05) is 13.8 Å². The van der Waals surface area contributed by atoms with E-state index in [4.69, 9.17) is 5.73 Å². The van der Waals surface area contributed by atoms with Gasteiger partial charge < -0.3 is 16.0 Å². The molecule has 9 heteroatoms. The second kappa shape index (κ2) is 8.96. The van der Waals surface area contributed by atoms with Crippen LogP contribution in [-0.4, -0.2) is 48.4 Å². The van der Waals surface area contributed by atoms with Gasteiger partial charge in [0.25, 0.3) is 0 Å². The highest BCUT2D eigenvalue weighted by atomic mass is 32.2. The Kier molecular flexibility index (Phi) is 6.59. The lowest BCUT2D eigenvalue weighted by Gasteiger charge is -2.35. The molecule has 1 saturated heterocycles. The molecule has 0 saturated carbocycles. The number of nitrogens with two attached hydrogens (primary N) is 1. The van der Waals surface area contributed by atoms with Gasteiger partial charge in [0.05, 0.1) is 4.90 Å². The average molecular weight is 419 g/mol. The first-order chi connectivity index (χ1) is 13.9. The minimum Gasteiger partial charge on any atom is -0.393 e. The summed E-state index contributed by atoms with van der Waals surface area (Å²) >= 11 is 0. The number of rotatable bonds is 7. The molecule has 29 heavy (non-hydrogen) atoms. The van der Waals surface area contributed by atoms with Gasteiger partial charge in [0.1, 0.15) is 12.0 Å². The lowest BCUT2D eigenvalue weighted by atomic mass is 10.0. The summed E-state index contributed by atoms with van der Waals surface area (Å²) in [5, 5.41) is 3.19. The molecule has 1 aromatic heterocycles. The smallest absolute Gasteiger partial charge is 0.243 e. The SMILES string of the molecule is CCN(CC)S(=O)(=O)c1ccc(Nc2ncnc(N3CCCCC3C)c2N)cc1. The number of benzene rings is 1. The zero-order chi connectivity index (χ0) is 21.0. The Morgan fingerprint density at radius 2 is 1.86 bits per heavy atom. The van der Waals surface area contributed by atoms with E-state index in [9.17, 15) is 8.42 Å². The molecule has 1 aliphatic heterocycles. The van der Waals surface area contributed by atoms with Crippen LogP contribution in [0.5, 0.6) is 0 Å². The molecule has 3 N–H and O–H groups in total. The van der Waals surface area contributed by atoms with Crippen molar-refractivity contribution in [3.8, 4) is 0 Å². The number of hydrogen-bond acceptors (Lipinski definition) is 7. The fraction of sp³-hybridized carbons (Fsp3) is 0.500. The van der Waals surface area contributed by atoms with Crippen LogP contribution in [0.15, 0.2) is 35.5 Å². The summed E-state index contributed by atoms with van der Waals surface area (Å²) in [6.45, 7) is 7.65. The zero-order valence-electron chi connectivity index (χ0n) is 17.3. The molecule has 3 rings (SSSR count). The Morgan fingerprint density at radius 1 is 1.17 bits per heavy atom. The number of nitrogens with one attached hydrogen (secondary N) is 1. The summed E-state index contributed by atoms with van der Waals surface area (Å²) < 4.78 is 26.7. The van der Waals surface area contributed by atoms with Crippen LogP contribution in [0, 0.1) is 0 Å². The van der Waals surface area contributed by atoms with Crippen LogP contribution in [0.25, 0.3) is 0 Å². The molecule has 1 atom stereocenters. The van der Waals surface area contributed by atoms with Crippen LogP contribution in [0.1, 0.15) is 40.0 Å². The van der Waals surface area contributed by atoms with E-state index in [0.29, 0.717) is 36.3 Å². The van der Waals surface area contributed by atoms with Crippen LogP contribution in [-0.2, 0) is 10.0 Å². The Morgan fingerprint density at radius 3 is 2.48 bits per heavy atom. The Labute approximate surface area is 173 Å². The van der Waals surface area contributed by atoms with Crippen LogP contribution < -0.4 is 16.0 Å². The minimum atomic E-state index is -3.48. The second-order valence-corrected chi connectivity index (χ2v) is 9.17. The quantitative estimate of drug-likeness (QED) is 0.711. The maximum Gasteiger partial charge on any atom is 0.243 e. The van der Waals surface area contributed by atoms with E-state index < -0.39 is 10.0 Å². The Balaban J connectivity index is 1.81. The highest BCUT2D eigenvalue weighted by Gasteiger charge is 2.24. The van der Waals surface area contributed by atoms with E-state index >= 15 is 0 Å². The van der Waals surface area contributed by atoms with Crippen molar-refractivity contribution < 1.29 is 8.42 Å². The fourth-order valence-corrected chi connectivity index (χ4v) is 5.15. The molecule has 0 bridgehead atoms. The number of nitrogen functional groups attached to an aromatic ring is 1. The van der Waals surface area contributed by atoms with Gasteiger partial charge in [-0.15, -0.1) is 0 Å². The van der Waals surface area contributed by atoms with Crippen molar-refractivity contribution in [2.24, 2.45) is 0 Å². The summed E-state index contributed by atoms with van der Waals surface area (Å²) in [7, 11) is -3.48. The monoisotopic (exact) mass is 418 g/mol. The van der Waals surface area contributed by atoms with Crippen LogP contribution >= 0.6 is 0 Å². The van der Waals surface area contributed by atoms with Crippen LogP contribution in [0.3, 0.4) is 0 Å². The standard InChI is InChI=1S/C20H30N6O2S/c1-4-25(5-2)29(27,28)17-11-9-16(10-12-17)24-19-18(21)20(23-14-22-19)26-13-7-6-8-15(26)3/h9-12,14-15H,4-8,13,21H2,1-3H3,(H,22,23,24). The van der Waals surface area contributed by atoms with Crippen molar-refractivity contribution in [2.75, 3.05) is 35.6 Å². The predicted octanol–water partition coefficient (Wildman–Crippen LogP) is 3.21. The lowest BCUT2D eigenvalue weighted by molar-refractivity contribution is 0.445. The highest BCUT2D eigenvalue weighted by Crippen LogP contribution is 2.32. The number of piperidine rings is 1. The molecule has 1 unspecified atom stereocenters. The average Bonchev–Trinajstić information content (AvgIpc) is 2.71. The molecule has 1 fully saturated rings. The number of nitrogens with zero attached hydrogens (tertiary/aromatic N) is 4. The van der Waals surface area contributed by atoms with Crippen molar-refractivity contribution in [1.82, 2.24) is 14.3 Å². The number of hydrogen-bond donors (Lipinski definition) is 2. The van der Waals surface area contributed by atoms with Crippen LogP contribution in [0.2, 0.25) is 0 Å².